The first-order chi connectivity index (χ1) is 8.69. The Labute approximate surface area is 117 Å². The zero-order chi connectivity index (χ0) is 13.0. The first-order valence-corrected chi connectivity index (χ1v) is 6.42. The highest BCUT2D eigenvalue weighted by Gasteiger charge is 2.09. The molecule has 2 nitrogen and oxygen atoms in total. The number of benzene rings is 2. The van der Waals surface area contributed by atoms with Gasteiger partial charge in [-0.05, 0) is 35.9 Å². The Morgan fingerprint density at radius 3 is 2.28 bits per heavy atom. The van der Waals surface area contributed by atoms with Crippen molar-refractivity contribution >= 4 is 28.9 Å². The Morgan fingerprint density at radius 1 is 1.00 bits per heavy atom. The van der Waals surface area contributed by atoms with Gasteiger partial charge in [0.1, 0.15) is 0 Å². The molecule has 2 rings (SSSR count). The van der Waals surface area contributed by atoms with Gasteiger partial charge >= 0.3 is 0 Å². The van der Waals surface area contributed by atoms with E-state index in [-0.39, 0.29) is 6.04 Å². The minimum absolute atomic E-state index is 0.0159. The van der Waals surface area contributed by atoms with Crippen LogP contribution in [0, 0.1) is 0 Å². The molecule has 0 amide bonds. The predicted octanol–water partition coefficient (Wildman–Crippen LogP) is 4.11. The molecule has 0 saturated carbocycles. The molecular formula is C14H14Cl2N2. The van der Waals surface area contributed by atoms with E-state index in [0.29, 0.717) is 16.6 Å². The quantitative estimate of drug-likeness (QED) is 0.885. The molecule has 0 bridgehead atoms. The Morgan fingerprint density at radius 2 is 1.67 bits per heavy atom. The molecule has 0 heterocycles. The maximum absolute atomic E-state index is 5.98. The minimum Gasteiger partial charge on any atom is -0.377 e. The second kappa shape index (κ2) is 6.10. The van der Waals surface area contributed by atoms with Crippen LogP contribution in [-0.4, -0.2) is 6.54 Å². The average Bonchev–Trinajstić information content (AvgIpc) is 2.36. The number of nitrogens with two attached hydrogens (primary N) is 1. The molecule has 2 aromatic carbocycles. The number of nitrogens with one attached hydrogen (secondary N) is 1. The van der Waals surface area contributed by atoms with Gasteiger partial charge in [0.05, 0.1) is 6.04 Å². The van der Waals surface area contributed by atoms with Gasteiger partial charge in [-0.2, -0.15) is 0 Å². The molecule has 4 heteroatoms. The highest BCUT2D eigenvalue weighted by atomic mass is 35.5. The maximum atomic E-state index is 5.98. The molecule has 1 unspecified atom stereocenters. The summed E-state index contributed by atoms with van der Waals surface area (Å²) in [6.45, 7) is 0.479. The van der Waals surface area contributed by atoms with Crippen molar-refractivity contribution in [3.05, 3.63) is 64.1 Å². The molecule has 18 heavy (non-hydrogen) atoms. The van der Waals surface area contributed by atoms with Crippen molar-refractivity contribution in [1.82, 2.24) is 0 Å². The van der Waals surface area contributed by atoms with Gasteiger partial charge < -0.3 is 11.1 Å². The number of hydrogen-bond acceptors (Lipinski definition) is 2. The highest BCUT2D eigenvalue weighted by molar-refractivity contribution is 6.31. The van der Waals surface area contributed by atoms with Crippen LogP contribution in [-0.2, 0) is 0 Å². The molecule has 0 spiro atoms. The van der Waals surface area contributed by atoms with Crippen molar-refractivity contribution in [1.29, 1.82) is 0 Å². The summed E-state index contributed by atoms with van der Waals surface area (Å²) in [6, 6.07) is 15.3. The van der Waals surface area contributed by atoms with E-state index in [1.165, 1.54) is 0 Å². The third-order valence-electron chi connectivity index (χ3n) is 2.65. The molecular weight excluding hydrogens is 267 g/mol. The molecule has 0 aromatic heterocycles. The van der Waals surface area contributed by atoms with Crippen LogP contribution in [0.5, 0.6) is 0 Å². The van der Waals surface area contributed by atoms with Crippen molar-refractivity contribution in [2.45, 2.75) is 6.04 Å². The summed E-state index contributed by atoms with van der Waals surface area (Å²) in [7, 11) is 0. The van der Waals surface area contributed by atoms with Crippen LogP contribution in [0.15, 0.2) is 48.5 Å². The minimum atomic E-state index is 0.0159. The first-order valence-electron chi connectivity index (χ1n) is 5.66. The smallest absolute Gasteiger partial charge is 0.0636 e. The van der Waals surface area contributed by atoms with Gasteiger partial charge in [-0.25, -0.2) is 0 Å². The van der Waals surface area contributed by atoms with Crippen LogP contribution in [0.1, 0.15) is 11.6 Å². The largest absolute Gasteiger partial charge is 0.377 e. The maximum Gasteiger partial charge on any atom is 0.0636 e. The zero-order valence-electron chi connectivity index (χ0n) is 9.74. The van der Waals surface area contributed by atoms with E-state index in [1.807, 2.05) is 48.5 Å². The fraction of sp³-hybridized carbons (Fsp3) is 0.143. The lowest BCUT2D eigenvalue weighted by Gasteiger charge is -2.19. The Balaban J connectivity index is 2.19. The van der Waals surface area contributed by atoms with Gasteiger partial charge in [-0.1, -0.05) is 41.4 Å². The van der Waals surface area contributed by atoms with Crippen LogP contribution in [0.4, 0.5) is 5.69 Å². The standard InChI is InChI=1S/C14H14Cl2N2/c15-11-4-1-3-10(7-11)14(9-17)18-13-6-2-5-12(16)8-13/h1-8,14,18H,9,17H2. The molecule has 0 aliphatic carbocycles. The van der Waals surface area contributed by atoms with Gasteiger partial charge in [0.15, 0.2) is 0 Å². The summed E-state index contributed by atoms with van der Waals surface area (Å²) in [5.74, 6) is 0. The number of anilines is 1. The second-order valence-electron chi connectivity index (χ2n) is 4.00. The fourth-order valence-electron chi connectivity index (χ4n) is 1.78. The summed E-state index contributed by atoms with van der Waals surface area (Å²) in [5, 5.41) is 4.75. The fourth-order valence-corrected chi connectivity index (χ4v) is 2.17. The lowest BCUT2D eigenvalue weighted by atomic mass is 10.1. The zero-order valence-corrected chi connectivity index (χ0v) is 11.2. The van der Waals surface area contributed by atoms with Crippen LogP contribution in [0.3, 0.4) is 0 Å². The van der Waals surface area contributed by atoms with Crippen LogP contribution >= 0.6 is 23.2 Å². The first kappa shape index (κ1) is 13.2. The molecule has 1 atom stereocenters. The van der Waals surface area contributed by atoms with E-state index in [4.69, 9.17) is 28.9 Å². The Hall–Kier alpha value is -1.22. The summed E-state index contributed by atoms with van der Waals surface area (Å²) >= 11 is 11.9. The third kappa shape index (κ3) is 3.39. The van der Waals surface area contributed by atoms with Gasteiger partial charge in [0, 0.05) is 22.3 Å². The van der Waals surface area contributed by atoms with Gasteiger partial charge in [0.2, 0.25) is 0 Å². The lowest BCUT2D eigenvalue weighted by molar-refractivity contribution is 0.790. The van der Waals surface area contributed by atoms with Crippen LogP contribution < -0.4 is 11.1 Å². The molecule has 0 fully saturated rings. The molecule has 0 radical (unpaired) electrons. The predicted molar refractivity (Wildman–Crippen MR) is 78.3 cm³/mol. The van der Waals surface area contributed by atoms with Crippen molar-refractivity contribution in [2.75, 3.05) is 11.9 Å². The summed E-state index contributed by atoms with van der Waals surface area (Å²) in [4.78, 5) is 0. The molecule has 94 valence electrons. The van der Waals surface area contributed by atoms with E-state index in [0.717, 1.165) is 11.3 Å². The summed E-state index contributed by atoms with van der Waals surface area (Å²) in [5.41, 5.74) is 7.80. The van der Waals surface area contributed by atoms with E-state index >= 15 is 0 Å². The molecule has 3 N–H and O–H groups in total. The Kier molecular flexibility index (Phi) is 4.48. The van der Waals surface area contributed by atoms with Gasteiger partial charge in [-0.15, -0.1) is 0 Å². The van der Waals surface area contributed by atoms with E-state index in [1.54, 1.807) is 0 Å². The van der Waals surface area contributed by atoms with E-state index in [2.05, 4.69) is 5.32 Å². The van der Waals surface area contributed by atoms with E-state index in [9.17, 15) is 0 Å². The number of rotatable bonds is 4. The van der Waals surface area contributed by atoms with Crippen LogP contribution in [0.25, 0.3) is 0 Å². The van der Waals surface area contributed by atoms with Crippen molar-refractivity contribution in [2.24, 2.45) is 5.73 Å². The molecule has 2 aromatic rings. The highest BCUT2D eigenvalue weighted by Crippen LogP contribution is 2.23. The average molecular weight is 281 g/mol. The SMILES string of the molecule is NCC(Nc1cccc(Cl)c1)c1cccc(Cl)c1. The third-order valence-corrected chi connectivity index (χ3v) is 3.12. The van der Waals surface area contributed by atoms with Crippen LogP contribution in [0.2, 0.25) is 10.0 Å². The van der Waals surface area contributed by atoms with Crippen molar-refractivity contribution < 1.29 is 0 Å². The molecule has 0 saturated heterocycles. The van der Waals surface area contributed by atoms with Gasteiger partial charge in [-0.3, -0.25) is 0 Å². The lowest BCUT2D eigenvalue weighted by Crippen LogP contribution is -2.20. The Bertz CT molecular complexity index is 529. The summed E-state index contributed by atoms with van der Waals surface area (Å²) < 4.78 is 0. The summed E-state index contributed by atoms with van der Waals surface area (Å²) in [6.07, 6.45) is 0. The molecule has 0 aliphatic rings. The van der Waals surface area contributed by atoms with Gasteiger partial charge in [0.25, 0.3) is 0 Å². The topological polar surface area (TPSA) is 38.0 Å². The second-order valence-corrected chi connectivity index (χ2v) is 4.87. The monoisotopic (exact) mass is 280 g/mol. The normalized spacial score (nSPS) is 12.2. The van der Waals surface area contributed by atoms with Crippen molar-refractivity contribution in [3.8, 4) is 0 Å². The number of hydrogen-bond donors (Lipinski definition) is 2. The molecule has 0 aliphatic heterocycles. The van der Waals surface area contributed by atoms with E-state index < -0.39 is 0 Å². The van der Waals surface area contributed by atoms with Crippen molar-refractivity contribution in [3.63, 3.8) is 0 Å². The number of halogens is 2.